The third kappa shape index (κ3) is 3.35. The van der Waals surface area contributed by atoms with Gasteiger partial charge in [0.1, 0.15) is 5.25 Å². The van der Waals surface area contributed by atoms with Gasteiger partial charge in [-0.3, -0.25) is 4.79 Å². The van der Waals surface area contributed by atoms with Crippen LogP contribution in [0.25, 0.3) is 0 Å². The molecule has 0 saturated carbocycles. The molecule has 2 aromatic rings. The first kappa shape index (κ1) is 17.0. The van der Waals surface area contributed by atoms with Crippen molar-refractivity contribution < 1.29 is 14.7 Å². The molecule has 1 aliphatic heterocycles. The molecule has 4 nitrogen and oxygen atoms in total. The summed E-state index contributed by atoms with van der Waals surface area (Å²) in [6, 6.07) is 6.44. The molecule has 2 N–H and O–H groups in total. The second kappa shape index (κ2) is 6.99. The normalized spacial score (nSPS) is 17.8. The van der Waals surface area contributed by atoms with Crippen molar-refractivity contribution in [2.24, 2.45) is 0 Å². The van der Waals surface area contributed by atoms with Crippen molar-refractivity contribution in [1.29, 1.82) is 0 Å². The van der Waals surface area contributed by atoms with Crippen molar-refractivity contribution >= 4 is 35.0 Å². The summed E-state index contributed by atoms with van der Waals surface area (Å²) in [5.41, 5.74) is 3.74. The van der Waals surface area contributed by atoms with E-state index < -0.39 is 12.0 Å². The highest BCUT2D eigenvalue weighted by atomic mass is 32.2. The van der Waals surface area contributed by atoms with E-state index in [-0.39, 0.29) is 11.2 Å². The van der Waals surface area contributed by atoms with Crippen molar-refractivity contribution in [3.8, 4) is 0 Å². The minimum atomic E-state index is -1.04. The van der Waals surface area contributed by atoms with Crippen molar-refractivity contribution in [3.05, 3.63) is 56.8 Å². The number of amides is 1. The fraction of sp³-hybridized carbons (Fsp3) is 0.333. The molecule has 126 valence electrons. The number of fused-ring (bicyclic) bond motifs is 1. The summed E-state index contributed by atoms with van der Waals surface area (Å²) in [7, 11) is 0. The van der Waals surface area contributed by atoms with Gasteiger partial charge in [-0.05, 0) is 59.7 Å². The summed E-state index contributed by atoms with van der Waals surface area (Å²) in [5, 5.41) is 14.0. The van der Waals surface area contributed by atoms with Gasteiger partial charge in [0.2, 0.25) is 5.91 Å². The fourth-order valence-corrected chi connectivity index (χ4v) is 5.12. The average Bonchev–Trinajstić information content (AvgIpc) is 3.03. The number of rotatable bonds is 4. The number of aliphatic carboxylic acids is 1. The lowest BCUT2D eigenvalue weighted by atomic mass is 10.0. The lowest BCUT2D eigenvalue weighted by Crippen LogP contribution is -2.37. The van der Waals surface area contributed by atoms with Gasteiger partial charge in [0, 0.05) is 4.88 Å². The number of benzene rings is 1. The van der Waals surface area contributed by atoms with Crippen LogP contribution in [0.2, 0.25) is 0 Å². The van der Waals surface area contributed by atoms with Gasteiger partial charge >= 0.3 is 5.97 Å². The van der Waals surface area contributed by atoms with Crippen LogP contribution in [-0.4, -0.2) is 22.7 Å². The van der Waals surface area contributed by atoms with Gasteiger partial charge in [-0.15, -0.1) is 23.1 Å². The number of nitrogens with one attached hydrogen (secondary N) is 1. The zero-order chi connectivity index (χ0) is 17.3. The lowest BCUT2D eigenvalue weighted by Gasteiger charge is -2.24. The van der Waals surface area contributed by atoms with Crippen LogP contribution in [0, 0.1) is 13.8 Å². The first-order valence-electron chi connectivity index (χ1n) is 7.75. The minimum Gasteiger partial charge on any atom is -0.479 e. The van der Waals surface area contributed by atoms with E-state index in [1.807, 2.05) is 37.4 Å². The molecule has 1 aromatic heterocycles. The van der Waals surface area contributed by atoms with Crippen molar-refractivity contribution in [2.45, 2.75) is 31.6 Å². The van der Waals surface area contributed by atoms with Crippen LogP contribution in [0.5, 0.6) is 0 Å². The number of thioether (sulfide) groups is 1. The van der Waals surface area contributed by atoms with Crippen LogP contribution in [0.15, 0.2) is 29.6 Å². The van der Waals surface area contributed by atoms with E-state index in [4.69, 9.17) is 0 Å². The highest BCUT2D eigenvalue weighted by molar-refractivity contribution is 8.00. The Morgan fingerprint density at radius 2 is 2.04 bits per heavy atom. The molecule has 0 fully saturated rings. The predicted octanol–water partition coefficient (Wildman–Crippen LogP) is 3.64. The number of thiophene rings is 1. The molecule has 2 heterocycles. The first-order valence-corrected chi connectivity index (χ1v) is 9.68. The highest BCUT2D eigenvalue weighted by Crippen LogP contribution is 2.39. The Labute approximate surface area is 149 Å². The molecule has 6 heteroatoms. The number of carboxylic acid groups (broad SMARTS) is 1. The summed E-state index contributed by atoms with van der Waals surface area (Å²) < 4.78 is 0. The van der Waals surface area contributed by atoms with Gasteiger partial charge in [0.05, 0.1) is 0 Å². The van der Waals surface area contributed by atoms with Gasteiger partial charge < -0.3 is 10.4 Å². The Kier molecular flexibility index (Phi) is 4.96. The largest absolute Gasteiger partial charge is 0.479 e. The topological polar surface area (TPSA) is 66.4 Å². The molecule has 3 rings (SSSR count). The van der Waals surface area contributed by atoms with Crippen LogP contribution in [0.3, 0.4) is 0 Å². The van der Waals surface area contributed by atoms with Crippen molar-refractivity contribution in [3.63, 3.8) is 0 Å². The molecule has 2 unspecified atom stereocenters. The molecule has 24 heavy (non-hydrogen) atoms. The number of hydrogen-bond acceptors (Lipinski definition) is 4. The van der Waals surface area contributed by atoms with E-state index in [1.54, 1.807) is 29.2 Å². The summed E-state index contributed by atoms with van der Waals surface area (Å²) >= 11 is 3.24. The monoisotopic (exact) mass is 361 g/mol. The van der Waals surface area contributed by atoms with Crippen LogP contribution in [0.4, 0.5) is 0 Å². The van der Waals surface area contributed by atoms with Crippen molar-refractivity contribution in [1.82, 2.24) is 5.32 Å². The quantitative estimate of drug-likeness (QED) is 0.873. The maximum atomic E-state index is 12.7. The van der Waals surface area contributed by atoms with Crippen LogP contribution < -0.4 is 5.32 Å². The second-order valence-corrected chi connectivity index (χ2v) is 8.14. The zero-order valence-corrected chi connectivity index (χ0v) is 15.2. The summed E-state index contributed by atoms with van der Waals surface area (Å²) in [5.74, 6) is -0.393. The second-order valence-electron chi connectivity index (χ2n) is 5.92. The van der Waals surface area contributed by atoms with Gasteiger partial charge in [-0.25, -0.2) is 4.79 Å². The molecule has 0 spiro atoms. The molecule has 0 radical (unpaired) electrons. The maximum Gasteiger partial charge on any atom is 0.330 e. The van der Waals surface area contributed by atoms with Crippen LogP contribution in [-0.2, 0) is 16.0 Å². The molecule has 0 saturated heterocycles. The lowest BCUT2D eigenvalue weighted by molar-refractivity contribution is -0.142. The number of carbonyl (C=O) groups excluding carboxylic acids is 1. The number of aryl methyl sites for hydroxylation is 3. The minimum absolute atomic E-state index is 0.232. The summed E-state index contributed by atoms with van der Waals surface area (Å²) in [6.45, 7) is 3.92. The molecule has 2 atom stereocenters. The third-order valence-corrected chi connectivity index (χ3v) is 6.55. The smallest absolute Gasteiger partial charge is 0.330 e. The molecule has 1 aliphatic rings. The number of hydrogen-bond donors (Lipinski definition) is 2. The molecular weight excluding hydrogens is 342 g/mol. The van der Waals surface area contributed by atoms with Gasteiger partial charge in [-0.1, -0.05) is 18.2 Å². The zero-order valence-electron chi connectivity index (χ0n) is 13.5. The molecule has 0 aliphatic carbocycles. The Morgan fingerprint density at radius 1 is 1.25 bits per heavy atom. The van der Waals surface area contributed by atoms with Crippen LogP contribution >= 0.6 is 23.1 Å². The summed E-state index contributed by atoms with van der Waals surface area (Å²) in [4.78, 5) is 25.6. The Morgan fingerprint density at radius 3 is 2.75 bits per heavy atom. The van der Waals surface area contributed by atoms with Crippen molar-refractivity contribution in [2.75, 3.05) is 5.75 Å². The standard InChI is InChI=1S/C18H19NO3S2/c1-10-3-4-12(9-11(10)2)15(18(21)22)19-17(20)16-13-5-7-23-14(13)6-8-24-16/h3-5,7,9,15-16H,6,8H2,1-2H3,(H,19,20)(H,21,22). The third-order valence-electron chi connectivity index (χ3n) is 4.31. The Bertz CT molecular complexity index is 784. The van der Waals surface area contributed by atoms with E-state index >= 15 is 0 Å². The predicted molar refractivity (Wildman–Crippen MR) is 97.7 cm³/mol. The maximum absolute atomic E-state index is 12.7. The van der Waals surface area contributed by atoms with E-state index in [9.17, 15) is 14.7 Å². The molecular formula is C18H19NO3S2. The fourth-order valence-electron chi connectivity index (χ4n) is 2.81. The SMILES string of the molecule is Cc1ccc(C(NC(=O)C2SCCc3sccc32)C(=O)O)cc1C. The van der Waals surface area contributed by atoms with E-state index in [0.29, 0.717) is 5.56 Å². The van der Waals surface area contributed by atoms with Gasteiger partial charge in [0.15, 0.2) is 6.04 Å². The Balaban J connectivity index is 1.83. The molecule has 1 amide bonds. The highest BCUT2D eigenvalue weighted by Gasteiger charge is 2.31. The average molecular weight is 361 g/mol. The Hall–Kier alpha value is -1.79. The first-order chi connectivity index (χ1) is 11.5. The van der Waals surface area contributed by atoms with Gasteiger partial charge in [0.25, 0.3) is 0 Å². The number of carbonyl (C=O) groups is 2. The van der Waals surface area contributed by atoms with E-state index in [0.717, 1.165) is 28.9 Å². The van der Waals surface area contributed by atoms with E-state index in [1.165, 1.54) is 4.88 Å². The molecule has 1 aromatic carbocycles. The van der Waals surface area contributed by atoms with E-state index in [2.05, 4.69) is 5.32 Å². The molecule has 0 bridgehead atoms. The summed E-state index contributed by atoms with van der Waals surface area (Å²) in [6.07, 6.45) is 0.973. The van der Waals surface area contributed by atoms with Gasteiger partial charge in [-0.2, -0.15) is 0 Å². The van der Waals surface area contributed by atoms with Crippen LogP contribution in [0.1, 0.15) is 38.4 Å². The number of carboxylic acids is 1.